The number of aromatic nitrogens is 6. The van der Waals surface area contributed by atoms with E-state index < -0.39 is 5.97 Å². The molecule has 17 heteroatoms. The summed E-state index contributed by atoms with van der Waals surface area (Å²) in [6.07, 6.45) is 12.1. The van der Waals surface area contributed by atoms with E-state index in [2.05, 4.69) is 254 Å². The zero-order valence-corrected chi connectivity index (χ0v) is 85.9. The molecule has 6 aromatic heterocycles. The number of nitrogens with zero attached hydrogens (tertiary/aromatic N) is 8. The van der Waals surface area contributed by atoms with E-state index in [0.29, 0.717) is 35.6 Å². The van der Waals surface area contributed by atoms with Crippen molar-refractivity contribution in [3.63, 3.8) is 0 Å². The first-order valence-electron chi connectivity index (χ1n) is 47.8. The number of aryl methyl sites for hydroxylation is 6. The molecule has 0 amide bonds. The third kappa shape index (κ3) is 18.2. The molecule has 27 rings (SSSR count). The Balaban J connectivity index is 0.000000108. The van der Waals surface area contributed by atoms with Gasteiger partial charge in [-0.3, -0.25) is 29.7 Å². The number of rotatable bonds is 5. The van der Waals surface area contributed by atoms with E-state index in [1.54, 1.807) is 12.4 Å². The summed E-state index contributed by atoms with van der Waals surface area (Å²) in [5.74, 6) is -0.179. The second-order valence-electron chi connectivity index (χ2n) is 36.7. The molecule has 0 atom stereocenters. The Bertz CT molecular complexity index is 9490. The Labute approximate surface area is 878 Å². The number of benzene rings is 18. The van der Waals surface area contributed by atoms with Crippen molar-refractivity contribution in [1.29, 1.82) is 10.5 Å². The summed E-state index contributed by atoms with van der Waals surface area (Å²) in [6.45, 7) is 17.3. The van der Waals surface area contributed by atoms with Gasteiger partial charge in [0, 0.05) is 146 Å². The molecule has 0 bridgehead atoms. The van der Waals surface area contributed by atoms with Crippen LogP contribution in [0.1, 0.15) is 107 Å². The van der Waals surface area contributed by atoms with Crippen LogP contribution in [0.15, 0.2) is 383 Å². The number of carboxylic acid groups (broad SMARTS) is 1. The number of pyridine rings is 6. The van der Waals surface area contributed by atoms with Crippen molar-refractivity contribution < 1.29 is 44.8 Å². The molecule has 0 aliphatic heterocycles. The van der Waals surface area contributed by atoms with Crippen LogP contribution in [0, 0.1) is 64.2 Å². The summed E-state index contributed by atoms with van der Waals surface area (Å²) in [5.41, 5.74) is 25.5. The van der Waals surface area contributed by atoms with Gasteiger partial charge in [-0.1, -0.05) is 376 Å². The van der Waals surface area contributed by atoms with E-state index in [-0.39, 0.29) is 42.3 Å². The quantitative estimate of drug-likeness (QED) is 0.0712. The average molecular weight is 2120 g/mol. The second-order valence-corrected chi connectivity index (χ2v) is 37.1. The van der Waals surface area contributed by atoms with Crippen molar-refractivity contribution in [2.24, 2.45) is 0 Å². The van der Waals surface area contributed by atoms with Crippen molar-refractivity contribution in [2.75, 3.05) is 4.93 Å². The zero-order valence-electron chi connectivity index (χ0n) is 81.4. The monoisotopic (exact) mass is 2110 g/mol. The number of ketones is 1. The minimum Gasteiger partial charge on any atom is -0.537 e. The van der Waals surface area contributed by atoms with Gasteiger partial charge in [0.2, 0.25) is 0 Å². The third-order valence-electron chi connectivity index (χ3n) is 28.4. The molecule has 0 saturated heterocycles. The van der Waals surface area contributed by atoms with Crippen molar-refractivity contribution in [3.8, 4) is 74.2 Å². The van der Waals surface area contributed by atoms with Crippen LogP contribution in [0.4, 0.5) is 0 Å². The molecule has 0 fully saturated rings. The first-order chi connectivity index (χ1) is 70.8. The van der Waals surface area contributed by atoms with E-state index in [1.165, 1.54) is 115 Å². The van der Waals surface area contributed by atoms with Gasteiger partial charge in [-0.2, -0.15) is 10.5 Å². The van der Waals surface area contributed by atoms with Crippen LogP contribution >= 0.6 is 34.2 Å². The third-order valence-corrected chi connectivity index (χ3v) is 28.7. The normalized spacial score (nSPS) is 11.7. The van der Waals surface area contributed by atoms with E-state index in [4.69, 9.17) is 36.5 Å². The molecule has 6 heterocycles. The summed E-state index contributed by atoms with van der Waals surface area (Å²) in [5, 5.41) is 64.1. The smallest absolute Gasteiger partial charge is 0.537 e. The largest absolute Gasteiger partial charge is 0.569 e. The Morgan fingerprint density at radius 3 is 1.21 bits per heavy atom. The van der Waals surface area contributed by atoms with Crippen LogP contribution in [-0.2, 0) is 32.3 Å². The Hall–Kier alpha value is -16.4. The zero-order chi connectivity index (χ0) is 100. The molecule has 18 aromatic carbocycles. The summed E-state index contributed by atoms with van der Waals surface area (Å²) >= 11 is 7.92. The molecular formula is C129H94BClIN8O5Pd. The van der Waals surface area contributed by atoms with Gasteiger partial charge in [0.1, 0.15) is 23.0 Å². The second kappa shape index (κ2) is 42.3. The Kier molecular flexibility index (Phi) is 28.5. The fraction of sp³-hybridized carbons (Fsp3) is 0.0853. The minimum atomic E-state index is -0.957. The van der Waals surface area contributed by atoms with Gasteiger partial charge >= 0.3 is 13.7 Å². The van der Waals surface area contributed by atoms with E-state index in [0.717, 1.165) is 133 Å². The molecule has 707 valence electrons. The fourth-order valence-electron chi connectivity index (χ4n) is 21.3. The summed E-state index contributed by atoms with van der Waals surface area (Å²) in [7, 11) is 0.705. The molecule has 13 nitrogen and oxygen atoms in total. The van der Waals surface area contributed by atoms with Crippen molar-refractivity contribution in [3.05, 3.63) is 472 Å². The maximum atomic E-state index is 13.1. The van der Waals surface area contributed by atoms with Crippen LogP contribution in [-0.4, -0.2) is 64.4 Å². The number of hydrogen-bond acceptors (Lipinski definition) is 12. The molecule has 3 aliphatic carbocycles. The average Bonchev–Trinajstić information content (AvgIpc) is 1.55. The van der Waals surface area contributed by atoms with Crippen molar-refractivity contribution >= 4 is 183 Å². The molecule has 24 aromatic rings. The molecule has 146 heavy (non-hydrogen) atoms. The summed E-state index contributed by atoms with van der Waals surface area (Å²) in [6, 6.07) is 121. The van der Waals surface area contributed by atoms with Crippen molar-refractivity contribution in [2.45, 2.75) is 67.2 Å². The molecule has 2 N–H and O–H groups in total. The molecule has 0 unspecified atom stereocenters. The van der Waals surface area contributed by atoms with Crippen LogP contribution in [0.5, 0.6) is 5.75 Å². The number of carboxylic acids is 1. The van der Waals surface area contributed by atoms with E-state index >= 15 is 0 Å². The van der Waals surface area contributed by atoms with Gasteiger partial charge in [0.15, 0.2) is 5.78 Å². The predicted octanol–water partition coefficient (Wildman–Crippen LogP) is 32.3. The first-order valence-corrected chi connectivity index (χ1v) is 50.4. The van der Waals surface area contributed by atoms with Gasteiger partial charge in [0.25, 0.3) is 0 Å². The fourth-order valence-corrected chi connectivity index (χ4v) is 21.5. The van der Waals surface area contributed by atoms with Crippen LogP contribution in [0.25, 0.3) is 186 Å². The number of carbonyl (C=O) groups excluding carboxylic acids is 1. The van der Waals surface area contributed by atoms with Gasteiger partial charge in [-0.15, -0.1) is 0 Å². The first kappa shape index (κ1) is 98.4. The Morgan fingerprint density at radius 2 is 0.699 bits per heavy atom. The van der Waals surface area contributed by atoms with Gasteiger partial charge in [0.05, 0.1) is 50.7 Å². The van der Waals surface area contributed by atoms with Gasteiger partial charge in [-0.05, 0) is 206 Å². The number of aromatic carboxylic acids is 1. The molecule has 0 spiro atoms. The molecule has 1 radical (unpaired) electrons. The minimum absolute atomic E-state index is 0. The predicted molar refractivity (Wildman–Crippen MR) is 606 cm³/mol. The maximum Gasteiger partial charge on any atom is 0.569 e. The van der Waals surface area contributed by atoms with Crippen LogP contribution in [0.3, 0.4) is 0 Å². The number of fused-ring (bicyclic) bond motifs is 24. The summed E-state index contributed by atoms with van der Waals surface area (Å²) in [4.78, 5) is 54.3. The Morgan fingerprint density at radius 1 is 0.349 bits per heavy atom. The number of carbonyl (C=O) groups is 2. The molecule has 0 saturated carbocycles. The topological polar surface area (TPSA) is 209 Å². The number of hydrogen-bond donors (Lipinski definition) is 2. The van der Waals surface area contributed by atoms with Gasteiger partial charge in [-0.25, -0.2) is 9.78 Å². The van der Waals surface area contributed by atoms with Gasteiger partial charge < -0.3 is 14.8 Å². The number of nitriles is 2. The summed E-state index contributed by atoms with van der Waals surface area (Å²) < 4.78 is 4.98. The van der Waals surface area contributed by atoms with E-state index in [1.807, 2.05) is 232 Å². The number of halogens is 2. The van der Waals surface area contributed by atoms with Crippen LogP contribution < -0.4 is 4.65 Å². The maximum absolute atomic E-state index is 13.1. The molecule has 3 aliphatic rings. The molecular weight excluding hydrogens is 2020 g/mol. The standard InChI is InChI=1S/C23H19N.C21H14N2.C21H15NO2.C21H13NO.C21H15N.C11H10BO2.C10H5ClN2.CH3I.Pd/c1-14-17-10-6-4-8-15(17)12-19-20(14)22-21(23(19,2)3)18-11-7-5-9-16(18)13-24-22;1-14-17-8-4-2-6-15(17)10-11-18(14)21-20(12-22)19-9-5-3-7-16(19)13-23-21;1-13-16-8-4-2-6-14(16)10-11-17(13)20-19(21(23)24)18-9-5-3-7-15(18)12-22-20;1-12-15-8-4-2-6-13(15)10-17-18(12)20-19(21(17)23)16-9-5-3-7-14(16)11-22-20;1-13-17-8-4-2-6-14(17)10-16-11-19-18-9-5-3-7-15(18)12-22-21(19)20(13)16;1-8-10-5-3-2-4-9(10)6-7-11(8)14-12-13;11-10-9(5-12)8-4-2-1-3-7(8)6-13-10;1-2;/h4-13H,1-3H3;2-11,13H,1H3;2-12H,1H3,(H,23,24);2-11H,1H3;2-10,12H,11H2,1H3;2-7,13H,1H3;1-4,6H;1H3;. The van der Waals surface area contributed by atoms with Crippen LogP contribution in [0.2, 0.25) is 5.15 Å². The SMILES string of the molecule is CI.Cc1c(-c2ncc3ccccc3c2C#N)ccc2ccccc12.Cc1c(-c2ncc3ccccc3c2C(=O)O)ccc2ccccc12.Cc1c(O[B]O)ccc2ccccc12.Cc1c2c(cc3ccccc13)C(=O)c1c-2ncc2ccccc12.Cc1c2c(cc3ccccc13)C(C)(C)c1c-2ncc2ccccc12.Cc1c2c(cc3ccccc13)Cc1c-2ncc2ccccc12.N#Cc1c(Cl)ncc2ccccc12.[Pd]. The van der Waals surface area contributed by atoms with E-state index in [9.17, 15) is 20.0 Å². The van der Waals surface area contributed by atoms with Crippen molar-refractivity contribution in [1.82, 2.24) is 29.9 Å². The number of alkyl halides is 1.